The molecule has 0 heterocycles. The Bertz CT molecular complexity index is 345. The first-order valence-electron chi connectivity index (χ1n) is 6.37. The molecule has 0 atom stereocenters. The maximum absolute atomic E-state index is 11.9. The van der Waals surface area contributed by atoms with E-state index in [0.717, 1.165) is 36.3 Å². The summed E-state index contributed by atoms with van der Waals surface area (Å²) in [5.41, 5.74) is 6.64. The van der Waals surface area contributed by atoms with Gasteiger partial charge in [0.25, 0.3) is 0 Å². The zero-order chi connectivity index (χ0) is 13.2. The number of nitrogens with two attached hydrogens (primary N) is 1. The fourth-order valence-corrected chi connectivity index (χ4v) is 1.73. The van der Waals surface area contributed by atoms with E-state index in [9.17, 15) is 4.39 Å². The van der Waals surface area contributed by atoms with E-state index in [0.29, 0.717) is 19.6 Å². The number of benzene rings is 1. The molecule has 0 amide bonds. The average Bonchev–Trinajstić information content (AvgIpc) is 2.40. The Hall–Kier alpha value is -1.29. The molecule has 0 bridgehead atoms. The smallest absolute Gasteiger partial charge is 0.122 e. The van der Waals surface area contributed by atoms with Crippen molar-refractivity contribution in [1.29, 1.82) is 0 Å². The van der Waals surface area contributed by atoms with Gasteiger partial charge >= 0.3 is 0 Å². The van der Waals surface area contributed by atoms with Crippen molar-refractivity contribution < 1.29 is 13.9 Å². The van der Waals surface area contributed by atoms with Crippen molar-refractivity contribution in [3.8, 4) is 11.5 Å². The van der Waals surface area contributed by atoms with E-state index in [1.807, 2.05) is 18.2 Å². The molecule has 1 rings (SSSR count). The predicted octanol–water partition coefficient (Wildman–Crippen LogP) is 2.71. The van der Waals surface area contributed by atoms with Crippen LogP contribution < -0.4 is 15.2 Å². The highest BCUT2D eigenvalue weighted by atomic mass is 19.1. The molecule has 0 saturated carbocycles. The van der Waals surface area contributed by atoms with Gasteiger partial charge in [-0.25, -0.2) is 0 Å². The van der Waals surface area contributed by atoms with Crippen molar-refractivity contribution in [1.82, 2.24) is 0 Å². The molecule has 0 fully saturated rings. The minimum atomic E-state index is -0.249. The van der Waals surface area contributed by atoms with Crippen molar-refractivity contribution in [2.24, 2.45) is 5.73 Å². The van der Waals surface area contributed by atoms with Crippen LogP contribution in [0.5, 0.6) is 11.5 Å². The van der Waals surface area contributed by atoms with E-state index in [1.165, 1.54) is 0 Å². The lowest BCUT2D eigenvalue weighted by Gasteiger charge is -2.12. The van der Waals surface area contributed by atoms with Crippen molar-refractivity contribution in [2.75, 3.05) is 26.9 Å². The third-order valence-electron chi connectivity index (χ3n) is 2.72. The third-order valence-corrected chi connectivity index (χ3v) is 2.72. The number of methoxy groups -OCH3 is 1. The molecule has 1 aromatic carbocycles. The number of unbranched alkanes of at least 4 members (excludes halogenated alkanes) is 2. The third kappa shape index (κ3) is 4.92. The maximum atomic E-state index is 11.9. The van der Waals surface area contributed by atoms with Crippen LogP contribution in [0.2, 0.25) is 0 Å². The SMILES string of the molecule is COc1ccc(OCCCCCF)c(CCN)c1. The van der Waals surface area contributed by atoms with Gasteiger partial charge < -0.3 is 15.2 Å². The van der Waals surface area contributed by atoms with E-state index >= 15 is 0 Å². The number of hydrogen-bond acceptors (Lipinski definition) is 3. The zero-order valence-corrected chi connectivity index (χ0v) is 11.0. The molecule has 0 aliphatic heterocycles. The van der Waals surface area contributed by atoms with Gasteiger partial charge in [0.1, 0.15) is 11.5 Å². The Morgan fingerprint density at radius 3 is 2.72 bits per heavy atom. The highest BCUT2D eigenvalue weighted by Crippen LogP contribution is 2.24. The maximum Gasteiger partial charge on any atom is 0.122 e. The Labute approximate surface area is 108 Å². The first-order chi connectivity index (χ1) is 8.81. The Morgan fingerprint density at radius 1 is 1.22 bits per heavy atom. The highest BCUT2D eigenvalue weighted by molar-refractivity contribution is 5.40. The molecule has 4 heteroatoms. The van der Waals surface area contributed by atoms with Crippen LogP contribution in [-0.2, 0) is 6.42 Å². The lowest BCUT2D eigenvalue weighted by atomic mass is 10.1. The largest absolute Gasteiger partial charge is 0.497 e. The molecule has 18 heavy (non-hydrogen) atoms. The molecule has 0 spiro atoms. The molecule has 0 aliphatic rings. The Balaban J connectivity index is 2.52. The lowest BCUT2D eigenvalue weighted by molar-refractivity contribution is 0.298. The van der Waals surface area contributed by atoms with Crippen molar-refractivity contribution in [3.05, 3.63) is 23.8 Å². The van der Waals surface area contributed by atoms with Crippen LogP contribution in [-0.4, -0.2) is 26.9 Å². The standard InChI is InChI=1S/C14H22FNO2/c1-17-13-5-6-14(12(11-13)7-9-16)18-10-4-2-3-8-15/h5-6,11H,2-4,7-10,16H2,1H3. The quantitative estimate of drug-likeness (QED) is 0.690. The minimum absolute atomic E-state index is 0.249. The Morgan fingerprint density at radius 2 is 2.06 bits per heavy atom. The summed E-state index contributed by atoms with van der Waals surface area (Å²) in [5.74, 6) is 1.66. The Kier molecular flexibility index (Phi) is 7.18. The minimum Gasteiger partial charge on any atom is -0.497 e. The van der Waals surface area contributed by atoms with Gasteiger partial charge in [0.15, 0.2) is 0 Å². The van der Waals surface area contributed by atoms with E-state index < -0.39 is 0 Å². The topological polar surface area (TPSA) is 44.5 Å². The normalized spacial score (nSPS) is 10.4. The summed E-state index contributed by atoms with van der Waals surface area (Å²) >= 11 is 0. The summed E-state index contributed by atoms with van der Waals surface area (Å²) in [4.78, 5) is 0. The van der Waals surface area contributed by atoms with E-state index in [1.54, 1.807) is 7.11 Å². The number of hydrogen-bond donors (Lipinski definition) is 1. The second-order valence-corrected chi connectivity index (χ2v) is 4.11. The van der Waals surface area contributed by atoms with E-state index in [4.69, 9.17) is 15.2 Å². The van der Waals surface area contributed by atoms with Crippen LogP contribution in [0.4, 0.5) is 4.39 Å². The van der Waals surface area contributed by atoms with E-state index in [2.05, 4.69) is 0 Å². The van der Waals surface area contributed by atoms with Crippen molar-refractivity contribution in [2.45, 2.75) is 25.7 Å². The first-order valence-corrected chi connectivity index (χ1v) is 6.37. The molecule has 2 N–H and O–H groups in total. The number of alkyl halides is 1. The summed E-state index contributed by atoms with van der Waals surface area (Å²) in [6, 6.07) is 5.72. The zero-order valence-electron chi connectivity index (χ0n) is 11.0. The van der Waals surface area contributed by atoms with Crippen LogP contribution in [0, 0.1) is 0 Å². The summed E-state index contributed by atoms with van der Waals surface area (Å²) in [5, 5.41) is 0. The summed E-state index contributed by atoms with van der Waals surface area (Å²) in [7, 11) is 1.64. The van der Waals surface area contributed by atoms with Gasteiger partial charge in [-0.15, -0.1) is 0 Å². The highest BCUT2D eigenvalue weighted by Gasteiger charge is 2.05. The van der Waals surface area contributed by atoms with Gasteiger partial charge in [-0.05, 0) is 56.0 Å². The van der Waals surface area contributed by atoms with Crippen LogP contribution in [0.15, 0.2) is 18.2 Å². The van der Waals surface area contributed by atoms with Gasteiger partial charge in [0.2, 0.25) is 0 Å². The van der Waals surface area contributed by atoms with Gasteiger partial charge in [-0.1, -0.05) is 0 Å². The molecular weight excluding hydrogens is 233 g/mol. The van der Waals surface area contributed by atoms with Gasteiger partial charge in [-0.3, -0.25) is 4.39 Å². The van der Waals surface area contributed by atoms with Gasteiger partial charge in [0, 0.05) is 0 Å². The van der Waals surface area contributed by atoms with Gasteiger partial charge in [-0.2, -0.15) is 0 Å². The molecule has 0 saturated heterocycles. The number of ether oxygens (including phenoxy) is 2. The van der Waals surface area contributed by atoms with Crippen LogP contribution in [0.3, 0.4) is 0 Å². The lowest BCUT2D eigenvalue weighted by Crippen LogP contribution is -2.06. The fraction of sp³-hybridized carbons (Fsp3) is 0.571. The number of halogens is 1. The van der Waals surface area contributed by atoms with E-state index in [-0.39, 0.29) is 6.67 Å². The summed E-state index contributed by atoms with van der Waals surface area (Å²) in [6.45, 7) is 0.941. The van der Waals surface area contributed by atoms with Crippen LogP contribution in [0.1, 0.15) is 24.8 Å². The molecule has 0 aliphatic carbocycles. The first kappa shape index (κ1) is 14.8. The molecule has 1 aromatic rings. The van der Waals surface area contributed by atoms with Crippen molar-refractivity contribution >= 4 is 0 Å². The molecule has 0 aromatic heterocycles. The molecule has 0 unspecified atom stereocenters. The van der Waals surface area contributed by atoms with Gasteiger partial charge in [0.05, 0.1) is 20.4 Å². The summed E-state index contributed by atoms with van der Waals surface area (Å²) in [6.07, 6.45) is 3.11. The summed E-state index contributed by atoms with van der Waals surface area (Å²) < 4.78 is 22.8. The average molecular weight is 255 g/mol. The second kappa shape index (κ2) is 8.75. The van der Waals surface area contributed by atoms with Crippen LogP contribution in [0.25, 0.3) is 0 Å². The predicted molar refractivity (Wildman–Crippen MR) is 71.1 cm³/mol. The number of rotatable bonds is 9. The molecule has 3 nitrogen and oxygen atoms in total. The molecule has 102 valence electrons. The fourth-order valence-electron chi connectivity index (χ4n) is 1.73. The van der Waals surface area contributed by atoms with Crippen molar-refractivity contribution in [3.63, 3.8) is 0 Å². The van der Waals surface area contributed by atoms with Crippen LogP contribution >= 0.6 is 0 Å². The monoisotopic (exact) mass is 255 g/mol. The molecular formula is C14H22FNO2. The second-order valence-electron chi connectivity index (χ2n) is 4.11. The molecule has 0 radical (unpaired) electrons.